The minimum absolute atomic E-state index is 0.0572. The predicted molar refractivity (Wildman–Crippen MR) is 94.3 cm³/mol. The third-order valence-electron chi connectivity index (χ3n) is 4.59. The van der Waals surface area contributed by atoms with Crippen LogP contribution in [0.25, 0.3) is 0 Å². The fourth-order valence-corrected chi connectivity index (χ4v) is 3.10. The van der Waals surface area contributed by atoms with Crippen LogP contribution >= 0.6 is 0 Å². The maximum Gasteiger partial charge on any atom is 0.416 e. The van der Waals surface area contributed by atoms with Crippen molar-refractivity contribution in [3.05, 3.63) is 53.6 Å². The van der Waals surface area contributed by atoms with E-state index >= 15 is 0 Å². The van der Waals surface area contributed by atoms with Gasteiger partial charge in [-0.25, -0.2) is 4.98 Å². The molecule has 28 heavy (non-hydrogen) atoms. The first-order valence-corrected chi connectivity index (χ1v) is 8.70. The van der Waals surface area contributed by atoms with Crippen LogP contribution in [-0.4, -0.2) is 52.4 Å². The smallest absolute Gasteiger partial charge is 0.343 e. The number of aryl methyl sites for hydroxylation is 1. The normalized spacial score (nSPS) is 17.4. The molecule has 1 aromatic heterocycles. The number of nitrogens with one attached hydrogen (secondary N) is 2. The van der Waals surface area contributed by atoms with Gasteiger partial charge in [0.05, 0.1) is 12.1 Å². The number of hydrogen-bond donors (Lipinski definition) is 2. The number of benzene rings is 1. The van der Waals surface area contributed by atoms with E-state index < -0.39 is 17.6 Å². The fourth-order valence-electron chi connectivity index (χ4n) is 3.10. The Bertz CT molecular complexity index is 848. The number of halogens is 3. The first-order chi connectivity index (χ1) is 13.3. The van der Waals surface area contributed by atoms with E-state index in [0.717, 1.165) is 30.1 Å². The first kappa shape index (κ1) is 19.9. The van der Waals surface area contributed by atoms with Crippen LogP contribution in [0.5, 0.6) is 0 Å². The zero-order valence-corrected chi connectivity index (χ0v) is 15.2. The molecule has 0 saturated carbocycles. The van der Waals surface area contributed by atoms with Crippen LogP contribution in [0.1, 0.15) is 27.8 Å². The van der Waals surface area contributed by atoms with Crippen LogP contribution in [-0.2, 0) is 18.0 Å². The largest absolute Gasteiger partial charge is 0.416 e. The lowest BCUT2D eigenvalue weighted by Gasteiger charge is -2.35. The van der Waals surface area contributed by atoms with Crippen LogP contribution in [0.15, 0.2) is 36.7 Å². The van der Waals surface area contributed by atoms with Gasteiger partial charge in [0.15, 0.2) is 0 Å². The fraction of sp³-hybridized carbons (Fsp3) is 0.389. The monoisotopic (exact) mass is 395 g/mol. The number of carbonyl (C=O) groups excluding carboxylic acids is 2. The zero-order chi connectivity index (χ0) is 20.3. The summed E-state index contributed by atoms with van der Waals surface area (Å²) in [7, 11) is 1.84. The Kier molecular flexibility index (Phi) is 5.68. The highest BCUT2D eigenvalue weighted by molar-refractivity contribution is 5.96. The summed E-state index contributed by atoms with van der Waals surface area (Å²) in [5.41, 5.74) is -0.777. The number of piperazine rings is 1. The molecule has 150 valence electrons. The SMILES string of the molecule is Cn1ccnc1C1CNCCN1C(=O)CNC(=O)c1ccc(C(F)(F)F)cc1. The van der Waals surface area contributed by atoms with Crippen LogP contribution in [0.3, 0.4) is 0 Å². The van der Waals surface area contributed by atoms with Crippen molar-refractivity contribution in [3.8, 4) is 0 Å². The summed E-state index contributed by atoms with van der Waals surface area (Å²) in [6, 6.07) is 3.59. The van der Waals surface area contributed by atoms with E-state index in [1.54, 1.807) is 17.3 Å². The highest BCUT2D eigenvalue weighted by Gasteiger charge is 2.31. The van der Waals surface area contributed by atoms with E-state index in [1.807, 2.05) is 11.6 Å². The molecule has 1 fully saturated rings. The van der Waals surface area contributed by atoms with Gasteiger partial charge in [-0.15, -0.1) is 0 Å². The summed E-state index contributed by atoms with van der Waals surface area (Å²) in [6.45, 7) is 1.39. The molecule has 10 heteroatoms. The summed E-state index contributed by atoms with van der Waals surface area (Å²) in [5.74, 6) is -0.157. The Labute approximate surface area is 159 Å². The van der Waals surface area contributed by atoms with Crippen LogP contribution in [0.2, 0.25) is 0 Å². The van der Waals surface area contributed by atoms with Crippen molar-refractivity contribution in [1.82, 2.24) is 25.1 Å². The van der Waals surface area contributed by atoms with Crippen molar-refractivity contribution in [1.29, 1.82) is 0 Å². The summed E-state index contributed by atoms with van der Waals surface area (Å²) in [6.07, 6.45) is -1.02. The minimum Gasteiger partial charge on any atom is -0.343 e. The molecule has 1 saturated heterocycles. The number of rotatable bonds is 4. The Morgan fingerprint density at radius 1 is 1.29 bits per heavy atom. The molecule has 1 aromatic carbocycles. The molecule has 1 atom stereocenters. The van der Waals surface area contributed by atoms with Crippen molar-refractivity contribution < 1.29 is 22.8 Å². The van der Waals surface area contributed by atoms with Crippen LogP contribution in [0.4, 0.5) is 13.2 Å². The molecule has 2 aromatic rings. The van der Waals surface area contributed by atoms with Gasteiger partial charge in [-0.1, -0.05) is 0 Å². The average Bonchev–Trinajstić information content (AvgIpc) is 3.11. The molecule has 0 bridgehead atoms. The molecule has 0 spiro atoms. The number of aromatic nitrogens is 2. The molecule has 1 aliphatic rings. The standard InChI is InChI=1S/C18H20F3N5O2/c1-25-8-7-23-16(25)14-10-22-6-9-26(14)15(27)11-24-17(28)12-2-4-13(5-3-12)18(19,20)21/h2-5,7-8,14,22H,6,9-11H2,1H3,(H,24,28). The summed E-state index contributed by atoms with van der Waals surface area (Å²) in [4.78, 5) is 30.7. The predicted octanol–water partition coefficient (Wildman–Crippen LogP) is 1.34. The molecule has 2 N–H and O–H groups in total. The topological polar surface area (TPSA) is 79.3 Å². The summed E-state index contributed by atoms with van der Waals surface area (Å²) >= 11 is 0. The highest BCUT2D eigenvalue weighted by atomic mass is 19.4. The number of alkyl halides is 3. The molecular weight excluding hydrogens is 375 g/mol. The second-order valence-electron chi connectivity index (χ2n) is 6.46. The van der Waals surface area contributed by atoms with E-state index in [-0.39, 0.29) is 24.1 Å². The first-order valence-electron chi connectivity index (χ1n) is 8.70. The van der Waals surface area contributed by atoms with Crippen LogP contribution < -0.4 is 10.6 Å². The van der Waals surface area contributed by atoms with Gasteiger partial charge < -0.3 is 20.1 Å². The van der Waals surface area contributed by atoms with Gasteiger partial charge in [-0.2, -0.15) is 13.2 Å². The lowest BCUT2D eigenvalue weighted by atomic mass is 10.1. The van der Waals surface area contributed by atoms with Gasteiger partial charge in [-0.3, -0.25) is 9.59 Å². The van der Waals surface area contributed by atoms with Gasteiger partial charge in [0.25, 0.3) is 5.91 Å². The number of hydrogen-bond acceptors (Lipinski definition) is 4. The molecule has 0 aliphatic carbocycles. The van der Waals surface area contributed by atoms with E-state index in [1.165, 1.54) is 0 Å². The van der Waals surface area contributed by atoms with Gasteiger partial charge in [0.1, 0.15) is 11.9 Å². The quantitative estimate of drug-likeness (QED) is 0.819. The second kappa shape index (κ2) is 8.01. The molecule has 7 nitrogen and oxygen atoms in total. The van der Waals surface area contributed by atoms with E-state index in [4.69, 9.17) is 0 Å². The van der Waals surface area contributed by atoms with Crippen molar-refractivity contribution in [3.63, 3.8) is 0 Å². The molecular formula is C18H20F3N5O2. The van der Waals surface area contributed by atoms with Crippen LogP contribution in [0, 0.1) is 0 Å². The molecule has 2 heterocycles. The third-order valence-corrected chi connectivity index (χ3v) is 4.59. The lowest BCUT2D eigenvalue weighted by Crippen LogP contribution is -2.52. The molecule has 3 rings (SSSR count). The minimum atomic E-state index is -4.47. The second-order valence-corrected chi connectivity index (χ2v) is 6.46. The molecule has 0 radical (unpaired) electrons. The van der Waals surface area contributed by atoms with Gasteiger partial charge >= 0.3 is 6.18 Å². The van der Waals surface area contributed by atoms with Crippen molar-refractivity contribution >= 4 is 11.8 Å². The highest BCUT2D eigenvalue weighted by Crippen LogP contribution is 2.29. The third kappa shape index (κ3) is 4.33. The van der Waals surface area contributed by atoms with Crippen molar-refractivity contribution in [2.75, 3.05) is 26.2 Å². The van der Waals surface area contributed by atoms with Crippen molar-refractivity contribution in [2.45, 2.75) is 12.2 Å². The summed E-state index contributed by atoms with van der Waals surface area (Å²) < 4.78 is 39.6. The number of amides is 2. The van der Waals surface area contributed by atoms with Gasteiger partial charge in [-0.05, 0) is 24.3 Å². The maximum absolute atomic E-state index is 12.6. The van der Waals surface area contributed by atoms with E-state index in [9.17, 15) is 22.8 Å². The number of carbonyl (C=O) groups is 2. The van der Waals surface area contributed by atoms with E-state index in [0.29, 0.717) is 19.6 Å². The molecule has 1 aliphatic heterocycles. The van der Waals surface area contributed by atoms with E-state index in [2.05, 4.69) is 15.6 Å². The Balaban J connectivity index is 1.62. The Hall–Kier alpha value is -2.88. The number of nitrogens with zero attached hydrogens (tertiary/aromatic N) is 3. The molecule has 1 unspecified atom stereocenters. The van der Waals surface area contributed by atoms with Crippen molar-refractivity contribution in [2.24, 2.45) is 7.05 Å². The summed E-state index contributed by atoms with van der Waals surface area (Å²) in [5, 5.41) is 5.69. The Morgan fingerprint density at radius 3 is 2.61 bits per heavy atom. The molecule has 2 amide bonds. The number of imidazole rings is 1. The lowest BCUT2D eigenvalue weighted by molar-refractivity contribution is -0.137. The maximum atomic E-state index is 12.6. The van der Waals surface area contributed by atoms with Gasteiger partial charge in [0, 0.05) is 44.6 Å². The average molecular weight is 395 g/mol. The Morgan fingerprint density at radius 2 is 2.00 bits per heavy atom. The van der Waals surface area contributed by atoms with Gasteiger partial charge in [0.2, 0.25) is 5.91 Å². The zero-order valence-electron chi connectivity index (χ0n) is 15.2.